The van der Waals surface area contributed by atoms with E-state index < -0.39 is 5.97 Å². The number of hydrogen-bond acceptors (Lipinski definition) is 5. The van der Waals surface area contributed by atoms with E-state index in [-0.39, 0.29) is 4.91 Å². The largest absolute Gasteiger partial charge is 0.544 e. The molecule has 0 bridgehead atoms. The lowest BCUT2D eigenvalue weighted by atomic mass is 10.1. The number of carbonyl (C=O) groups excluding carboxylic acids is 1. The fourth-order valence-corrected chi connectivity index (χ4v) is 2.59. The summed E-state index contributed by atoms with van der Waals surface area (Å²) in [5, 5.41) is 18.1. The highest BCUT2D eigenvalue weighted by atomic mass is 79.9. The summed E-state index contributed by atoms with van der Waals surface area (Å²) in [6, 6.07) is 5.60. The van der Waals surface area contributed by atoms with Gasteiger partial charge in [0.15, 0.2) is 0 Å². The molecule has 0 aliphatic carbocycles. The SMILES string of the molecule is Cc1nc(S/C(=C\c2ccc(C)c(Br)c2)C(=O)[O-])n[nH]1. The molecule has 2 rings (SSSR count). The van der Waals surface area contributed by atoms with E-state index in [0.29, 0.717) is 11.0 Å². The molecule has 0 saturated heterocycles. The minimum Gasteiger partial charge on any atom is -0.544 e. The van der Waals surface area contributed by atoms with E-state index in [4.69, 9.17) is 0 Å². The highest BCUT2D eigenvalue weighted by Crippen LogP contribution is 2.26. The predicted octanol–water partition coefficient (Wildman–Crippen LogP) is 2.07. The molecule has 1 aromatic heterocycles. The molecule has 0 unspecified atom stereocenters. The van der Waals surface area contributed by atoms with Crippen LogP contribution in [0.25, 0.3) is 6.08 Å². The quantitative estimate of drug-likeness (QED) is 0.672. The zero-order valence-corrected chi connectivity index (χ0v) is 13.2. The van der Waals surface area contributed by atoms with Crippen molar-refractivity contribution in [1.82, 2.24) is 15.2 Å². The van der Waals surface area contributed by atoms with Gasteiger partial charge in [0.2, 0.25) is 5.16 Å². The summed E-state index contributed by atoms with van der Waals surface area (Å²) in [6.07, 6.45) is 1.54. The minimum absolute atomic E-state index is 0.0553. The van der Waals surface area contributed by atoms with E-state index in [2.05, 4.69) is 31.1 Å². The van der Waals surface area contributed by atoms with Gasteiger partial charge in [0.05, 0.1) is 5.97 Å². The first-order valence-corrected chi connectivity index (χ1v) is 7.32. The molecule has 20 heavy (non-hydrogen) atoms. The number of rotatable bonds is 4. The molecule has 104 valence electrons. The van der Waals surface area contributed by atoms with Crippen LogP contribution in [0.5, 0.6) is 0 Å². The first kappa shape index (κ1) is 14.8. The Morgan fingerprint density at radius 2 is 2.20 bits per heavy atom. The summed E-state index contributed by atoms with van der Waals surface area (Å²) in [4.78, 5) is 15.3. The highest BCUT2D eigenvalue weighted by Gasteiger charge is 2.07. The third-order valence-electron chi connectivity index (χ3n) is 2.47. The van der Waals surface area contributed by atoms with E-state index in [1.165, 1.54) is 6.08 Å². The highest BCUT2D eigenvalue weighted by molar-refractivity contribution is 9.10. The second-order valence-corrected chi connectivity index (χ2v) is 5.97. The number of nitrogens with one attached hydrogen (secondary N) is 1. The van der Waals surface area contributed by atoms with Gasteiger partial charge in [-0.1, -0.05) is 28.1 Å². The van der Waals surface area contributed by atoms with Crippen LogP contribution in [-0.2, 0) is 4.79 Å². The summed E-state index contributed by atoms with van der Waals surface area (Å²) < 4.78 is 0.919. The van der Waals surface area contributed by atoms with Crippen LogP contribution in [0.4, 0.5) is 0 Å². The van der Waals surface area contributed by atoms with E-state index >= 15 is 0 Å². The summed E-state index contributed by atoms with van der Waals surface area (Å²) >= 11 is 4.37. The van der Waals surface area contributed by atoms with Crippen molar-refractivity contribution in [1.29, 1.82) is 0 Å². The Balaban J connectivity index is 2.29. The molecule has 0 aliphatic rings. The van der Waals surface area contributed by atoms with Gasteiger partial charge < -0.3 is 9.90 Å². The zero-order chi connectivity index (χ0) is 14.7. The standard InChI is InChI=1S/C13H12BrN3O2S/c1-7-3-4-9(5-10(7)14)6-11(12(18)19)20-13-15-8(2)16-17-13/h3-6H,1-2H3,(H,18,19)(H,15,16,17)/p-1/b11-6-. The topological polar surface area (TPSA) is 81.7 Å². The van der Waals surface area contributed by atoms with Crippen molar-refractivity contribution in [3.05, 3.63) is 44.5 Å². The number of halogens is 1. The molecule has 5 nitrogen and oxygen atoms in total. The number of aromatic amines is 1. The van der Waals surface area contributed by atoms with E-state index in [9.17, 15) is 9.90 Å². The van der Waals surface area contributed by atoms with Crippen LogP contribution >= 0.6 is 27.7 Å². The lowest BCUT2D eigenvalue weighted by Crippen LogP contribution is -2.23. The maximum Gasteiger partial charge on any atom is 0.213 e. The number of aliphatic carboxylic acids is 1. The molecule has 0 spiro atoms. The number of H-pyrrole nitrogens is 1. The zero-order valence-electron chi connectivity index (χ0n) is 10.8. The number of aryl methyl sites for hydroxylation is 2. The number of carboxylic acid groups (broad SMARTS) is 1. The Kier molecular flexibility index (Phi) is 4.61. The molecule has 0 radical (unpaired) electrons. The summed E-state index contributed by atoms with van der Waals surface area (Å²) in [5.74, 6) is -0.627. The van der Waals surface area contributed by atoms with Crippen LogP contribution in [0.15, 0.2) is 32.7 Å². The predicted molar refractivity (Wildman–Crippen MR) is 78.8 cm³/mol. The van der Waals surface area contributed by atoms with Crippen LogP contribution in [-0.4, -0.2) is 21.2 Å². The molecule has 1 aromatic carbocycles. The van der Waals surface area contributed by atoms with Crippen LogP contribution in [0.1, 0.15) is 17.0 Å². The third kappa shape index (κ3) is 3.71. The second kappa shape index (κ2) is 6.23. The van der Waals surface area contributed by atoms with Gasteiger partial charge >= 0.3 is 0 Å². The Morgan fingerprint density at radius 1 is 1.45 bits per heavy atom. The molecule has 0 atom stereocenters. The summed E-state index contributed by atoms with van der Waals surface area (Å²) in [7, 11) is 0. The van der Waals surface area contributed by atoms with Gasteiger partial charge in [0.25, 0.3) is 0 Å². The monoisotopic (exact) mass is 352 g/mol. The van der Waals surface area contributed by atoms with Crippen LogP contribution in [0, 0.1) is 13.8 Å². The Morgan fingerprint density at radius 3 is 2.75 bits per heavy atom. The fourth-order valence-electron chi connectivity index (χ4n) is 1.45. The van der Waals surface area contributed by atoms with Crippen molar-refractivity contribution in [2.45, 2.75) is 19.0 Å². The van der Waals surface area contributed by atoms with Crippen molar-refractivity contribution in [3.8, 4) is 0 Å². The van der Waals surface area contributed by atoms with Gasteiger partial charge in [-0.2, -0.15) is 0 Å². The van der Waals surface area contributed by atoms with E-state index in [0.717, 1.165) is 27.4 Å². The fraction of sp³-hybridized carbons (Fsp3) is 0.154. The lowest BCUT2D eigenvalue weighted by molar-refractivity contribution is -0.297. The number of benzene rings is 1. The Hall–Kier alpha value is -1.60. The number of nitrogens with zero attached hydrogens (tertiary/aromatic N) is 2. The summed E-state index contributed by atoms with van der Waals surface area (Å²) in [6.45, 7) is 3.71. The van der Waals surface area contributed by atoms with Crippen LogP contribution in [0.2, 0.25) is 0 Å². The van der Waals surface area contributed by atoms with Crippen molar-refractivity contribution in [3.63, 3.8) is 0 Å². The van der Waals surface area contributed by atoms with Gasteiger partial charge in [-0.25, -0.2) is 4.98 Å². The van der Waals surface area contributed by atoms with Gasteiger partial charge in [0.1, 0.15) is 5.82 Å². The van der Waals surface area contributed by atoms with Crippen molar-refractivity contribution in [2.24, 2.45) is 0 Å². The van der Waals surface area contributed by atoms with Crippen molar-refractivity contribution in [2.75, 3.05) is 0 Å². The molecule has 1 N–H and O–H groups in total. The lowest BCUT2D eigenvalue weighted by Gasteiger charge is -2.06. The molecular weight excluding hydrogens is 342 g/mol. The molecular formula is C13H11BrN3O2S-. The van der Waals surface area contributed by atoms with Crippen LogP contribution < -0.4 is 5.11 Å². The maximum atomic E-state index is 11.2. The van der Waals surface area contributed by atoms with Gasteiger partial charge in [-0.3, -0.25) is 5.10 Å². The molecule has 1 heterocycles. The van der Waals surface area contributed by atoms with E-state index in [1.54, 1.807) is 6.92 Å². The van der Waals surface area contributed by atoms with Gasteiger partial charge in [-0.05, 0) is 48.9 Å². The van der Waals surface area contributed by atoms with Crippen molar-refractivity contribution < 1.29 is 9.90 Å². The van der Waals surface area contributed by atoms with E-state index in [1.807, 2.05) is 25.1 Å². The molecule has 2 aromatic rings. The molecule has 0 fully saturated rings. The van der Waals surface area contributed by atoms with Gasteiger partial charge in [-0.15, -0.1) is 5.10 Å². The number of thioether (sulfide) groups is 1. The average molecular weight is 353 g/mol. The van der Waals surface area contributed by atoms with Crippen LogP contribution in [0.3, 0.4) is 0 Å². The second-order valence-electron chi connectivity index (χ2n) is 4.11. The first-order chi connectivity index (χ1) is 9.45. The molecule has 7 heteroatoms. The van der Waals surface area contributed by atoms with Crippen molar-refractivity contribution >= 4 is 39.7 Å². The summed E-state index contributed by atoms with van der Waals surface area (Å²) in [5.41, 5.74) is 1.84. The molecule has 0 saturated carbocycles. The average Bonchev–Trinajstić information content (AvgIpc) is 2.78. The Bertz CT molecular complexity index is 682. The number of aromatic nitrogens is 3. The number of hydrogen-bond donors (Lipinski definition) is 1. The Labute approximate surface area is 128 Å². The maximum absolute atomic E-state index is 11.2. The number of carbonyl (C=O) groups is 1. The minimum atomic E-state index is -1.26. The molecule has 0 aliphatic heterocycles. The normalized spacial score (nSPS) is 11.7. The third-order valence-corrected chi connectivity index (χ3v) is 4.20. The van der Waals surface area contributed by atoms with Gasteiger partial charge in [0, 0.05) is 9.38 Å². The smallest absolute Gasteiger partial charge is 0.213 e. The molecule has 0 amide bonds. The number of carboxylic acids is 1. The first-order valence-electron chi connectivity index (χ1n) is 5.72.